The van der Waals surface area contributed by atoms with Crippen molar-refractivity contribution in [1.29, 1.82) is 0 Å². The van der Waals surface area contributed by atoms with Gasteiger partial charge in [0.05, 0.1) is 4.90 Å². The lowest BCUT2D eigenvalue weighted by molar-refractivity contribution is 0.684. The van der Waals surface area contributed by atoms with E-state index in [9.17, 15) is 4.21 Å². The molecule has 0 radical (unpaired) electrons. The van der Waals surface area contributed by atoms with E-state index < -0.39 is 11.0 Å². The molecule has 0 amide bonds. The van der Waals surface area contributed by atoms with E-state index >= 15 is 0 Å². The summed E-state index contributed by atoms with van der Waals surface area (Å²) in [5, 5.41) is 0.561. The number of hydrogen-bond acceptors (Lipinski definition) is 1. The lowest BCUT2D eigenvalue weighted by atomic mass is 10.2. The first kappa shape index (κ1) is 12.0. The Morgan fingerprint density at radius 2 is 1.82 bits per heavy atom. The summed E-state index contributed by atoms with van der Waals surface area (Å²) >= 11 is 5.82. The van der Waals surface area contributed by atoms with Crippen LogP contribution in [0, 0.1) is 0 Å². The van der Waals surface area contributed by atoms with Crippen molar-refractivity contribution in [3.05, 3.63) is 65.2 Å². The van der Waals surface area contributed by atoms with Gasteiger partial charge in [0.15, 0.2) is 11.0 Å². The summed E-state index contributed by atoms with van der Waals surface area (Å²) < 4.78 is 15.8. The zero-order valence-corrected chi connectivity index (χ0v) is 10.5. The largest absolute Gasteiger partial charge is 0.229 e. The number of rotatable bonds is 3. The molecule has 0 aliphatic carbocycles. The number of hydrogen-bond donors (Lipinski definition) is 0. The van der Waals surface area contributed by atoms with Crippen LogP contribution in [0.1, 0.15) is 5.56 Å². The summed E-state index contributed by atoms with van der Waals surface area (Å²) in [4.78, 5) is 0.602. The van der Waals surface area contributed by atoms with Crippen LogP contribution in [0.4, 0.5) is 0 Å². The van der Waals surface area contributed by atoms with Gasteiger partial charge < -0.3 is 0 Å². The Morgan fingerprint density at radius 1 is 1.06 bits per heavy atom. The molecule has 0 heterocycles. The van der Waals surface area contributed by atoms with Crippen molar-refractivity contribution in [3.8, 4) is 0 Å². The van der Waals surface area contributed by atoms with Crippen molar-refractivity contribution < 1.29 is 4.21 Å². The first-order valence-electron chi connectivity index (χ1n) is 5.02. The third kappa shape index (κ3) is 3.51. The monoisotopic (exact) mass is 263 g/mol. The highest BCUT2D eigenvalue weighted by Gasteiger charge is 2.01. The average Bonchev–Trinajstić information content (AvgIpc) is 2.37. The SMILES string of the molecule is O=S(/N=C/c1ccccc1)c1cccc(Cl)c1. The maximum atomic E-state index is 11.8. The Balaban J connectivity index is 2.15. The van der Waals surface area contributed by atoms with Crippen molar-refractivity contribution in [2.75, 3.05) is 0 Å². The third-order valence-corrected chi connectivity index (χ3v) is 3.28. The van der Waals surface area contributed by atoms with Gasteiger partial charge >= 0.3 is 0 Å². The molecule has 0 N–H and O–H groups in total. The summed E-state index contributed by atoms with van der Waals surface area (Å²) in [6.45, 7) is 0. The fraction of sp³-hybridized carbons (Fsp3) is 0. The van der Waals surface area contributed by atoms with Crippen molar-refractivity contribution in [3.63, 3.8) is 0 Å². The quantitative estimate of drug-likeness (QED) is 0.780. The molecule has 4 heteroatoms. The molecule has 1 atom stereocenters. The lowest BCUT2D eigenvalue weighted by Gasteiger charge is -1.96. The minimum atomic E-state index is -1.41. The van der Waals surface area contributed by atoms with Crippen LogP contribution in [0.2, 0.25) is 5.02 Å². The van der Waals surface area contributed by atoms with Crippen molar-refractivity contribution >= 4 is 28.8 Å². The lowest BCUT2D eigenvalue weighted by Crippen LogP contribution is -1.88. The Labute approximate surface area is 108 Å². The highest BCUT2D eigenvalue weighted by atomic mass is 35.5. The molecule has 0 fully saturated rings. The molecule has 0 aromatic heterocycles. The van der Waals surface area contributed by atoms with Gasteiger partial charge in [-0.1, -0.05) is 48.0 Å². The molecule has 2 aromatic carbocycles. The molecule has 0 saturated heterocycles. The van der Waals surface area contributed by atoms with E-state index in [1.807, 2.05) is 30.3 Å². The smallest absolute Gasteiger partial charge is 0.172 e. The Morgan fingerprint density at radius 3 is 2.53 bits per heavy atom. The number of halogens is 1. The molecule has 0 aliphatic rings. The van der Waals surface area contributed by atoms with Crippen LogP contribution < -0.4 is 0 Å². The number of benzene rings is 2. The van der Waals surface area contributed by atoms with Crippen LogP contribution in [0.3, 0.4) is 0 Å². The van der Waals surface area contributed by atoms with Gasteiger partial charge in [0.2, 0.25) is 0 Å². The second kappa shape index (κ2) is 5.75. The van der Waals surface area contributed by atoms with Crippen LogP contribution in [0.25, 0.3) is 0 Å². The number of nitrogens with zero attached hydrogens (tertiary/aromatic N) is 1. The Bertz CT molecular complexity index is 554. The highest BCUT2D eigenvalue weighted by Crippen LogP contribution is 2.14. The van der Waals surface area contributed by atoms with E-state index in [0.29, 0.717) is 9.92 Å². The first-order valence-corrected chi connectivity index (χ1v) is 6.51. The summed E-state index contributed by atoms with van der Waals surface area (Å²) in [6, 6.07) is 16.4. The predicted octanol–water partition coefficient (Wildman–Crippen LogP) is 3.48. The second-order valence-corrected chi connectivity index (χ2v) is 4.97. The summed E-state index contributed by atoms with van der Waals surface area (Å²) in [7, 11) is -1.41. The molecule has 17 heavy (non-hydrogen) atoms. The maximum absolute atomic E-state index is 11.8. The van der Waals surface area contributed by atoms with Gasteiger partial charge in [0.1, 0.15) is 0 Å². The Hall–Kier alpha value is -1.45. The van der Waals surface area contributed by atoms with E-state index in [2.05, 4.69) is 4.40 Å². The maximum Gasteiger partial charge on any atom is 0.172 e. The van der Waals surface area contributed by atoms with Gasteiger partial charge in [-0.3, -0.25) is 0 Å². The average molecular weight is 264 g/mol. The van der Waals surface area contributed by atoms with E-state index in [4.69, 9.17) is 11.6 Å². The van der Waals surface area contributed by atoms with Gasteiger partial charge in [-0.05, 0) is 23.8 Å². The summed E-state index contributed by atoms with van der Waals surface area (Å²) in [5.74, 6) is 0. The van der Waals surface area contributed by atoms with Gasteiger partial charge in [0.25, 0.3) is 0 Å². The van der Waals surface area contributed by atoms with E-state index in [1.165, 1.54) is 0 Å². The second-order valence-electron chi connectivity index (χ2n) is 3.35. The summed E-state index contributed by atoms with van der Waals surface area (Å²) in [6.07, 6.45) is 1.59. The molecular formula is C13H10ClNOS. The van der Waals surface area contributed by atoms with Gasteiger partial charge in [-0.15, -0.1) is 0 Å². The molecule has 0 aliphatic heterocycles. The van der Waals surface area contributed by atoms with E-state index in [-0.39, 0.29) is 0 Å². The molecule has 86 valence electrons. The van der Waals surface area contributed by atoms with Crippen LogP contribution in [-0.2, 0) is 11.0 Å². The Kier molecular flexibility index (Phi) is 4.07. The van der Waals surface area contributed by atoms with Gasteiger partial charge in [-0.25, -0.2) is 4.21 Å². The highest BCUT2D eigenvalue weighted by molar-refractivity contribution is 7.83. The minimum Gasteiger partial charge on any atom is -0.229 e. The van der Waals surface area contributed by atoms with Crippen molar-refractivity contribution in [1.82, 2.24) is 0 Å². The van der Waals surface area contributed by atoms with E-state index in [0.717, 1.165) is 5.56 Å². The molecular weight excluding hydrogens is 254 g/mol. The summed E-state index contributed by atoms with van der Waals surface area (Å²) in [5.41, 5.74) is 0.919. The molecule has 2 aromatic rings. The normalized spacial score (nSPS) is 12.8. The molecule has 0 spiro atoms. The van der Waals surface area contributed by atoms with Gasteiger partial charge in [-0.2, -0.15) is 4.40 Å². The topological polar surface area (TPSA) is 29.4 Å². The zero-order valence-electron chi connectivity index (χ0n) is 8.92. The van der Waals surface area contributed by atoms with Crippen LogP contribution in [0.15, 0.2) is 63.9 Å². The van der Waals surface area contributed by atoms with Crippen molar-refractivity contribution in [2.24, 2.45) is 4.40 Å². The molecule has 2 rings (SSSR count). The fourth-order valence-corrected chi connectivity index (χ4v) is 2.30. The van der Waals surface area contributed by atoms with Gasteiger partial charge in [0, 0.05) is 11.2 Å². The van der Waals surface area contributed by atoms with Crippen LogP contribution in [-0.4, -0.2) is 10.4 Å². The minimum absolute atomic E-state index is 0.561. The zero-order chi connectivity index (χ0) is 12.1. The predicted molar refractivity (Wildman–Crippen MR) is 71.9 cm³/mol. The molecule has 0 bridgehead atoms. The molecule has 0 saturated carbocycles. The van der Waals surface area contributed by atoms with Crippen LogP contribution >= 0.6 is 11.6 Å². The van der Waals surface area contributed by atoms with Crippen LogP contribution in [0.5, 0.6) is 0 Å². The fourth-order valence-electron chi connectivity index (χ4n) is 1.28. The first-order chi connectivity index (χ1) is 8.25. The standard InChI is InChI=1S/C13H10ClNOS/c14-12-7-4-8-13(9-12)17(16)15-10-11-5-2-1-3-6-11/h1-10H/b15-10+. The van der Waals surface area contributed by atoms with Crippen molar-refractivity contribution in [2.45, 2.75) is 4.90 Å². The third-order valence-electron chi connectivity index (χ3n) is 2.09. The molecule has 2 nitrogen and oxygen atoms in total. The van der Waals surface area contributed by atoms with E-state index in [1.54, 1.807) is 30.5 Å². The molecule has 1 unspecified atom stereocenters.